The first kappa shape index (κ1) is 21.9. The topological polar surface area (TPSA) is 75.7 Å². The highest BCUT2D eigenvalue weighted by Crippen LogP contribution is 2.32. The maximum Gasteiger partial charge on any atom is 0.265 e. The van der Waals surface area contributed by atoms with E-state index in [-0.39, 0.29) is 10.8 Å². The van der Waals surface area contributed by atoms with Crippen LogP contribution in [0.2, 0.25) is 0 Å². The number of aryl methyl sites for hydroxylation is 1. The fourth-order valence-corrected chi connectivity index (χ4v) is 5.30. The number of ether oxygens (including phenoxy) is 1. The summed E-state index contributed by atoms with van der Waals surface area (Å²) in [6.07, 6.45) is 0.546. The fraction of sp³-hybridized carbons (Fsp3) is 0.240. The third-order valence-electron chi connectivity index (χ3n) is 5.49. The minimum atomic E-state index is -3.67. The summed E-state index contributed by atoms with van der Waals surface area (Å²) in [5, 5.41) is 2.82. The second-order valence-electron chi connectivity index (χ2n) is 7.80. The third kappa shape index (κ3) is 4.48. The molecule has 0 radical (unpaired) electrons. The van der Waals surface area contributed by atoms with Crippen molar-refractivity contribution < 1.29 is 17.9 Å². The smallest absolute Gasteiger partial charge is 0.265 e. The molecule has 0 bridgehead atoms. The van der Waals surface area contributed by atoms with Crippen molar-refractivity contribution in [1.29, 1.82) is 0 Å². The highest BCUT2D eigenvalue weighted by Gasteiger charge is 2.30. The summed E-state index contributed by atoms with van der Waals surface area (Å²) >= 11 is 0. The number of nitrogens with one attached hydrogen (secondary N) is 1. The summed E-state index contributed by atoms with van der Waals surface area (Å²) in [6, 6.07) is 21.3. The van der Waals surface area contributed by atoms with Gasteiger partial charge in [-0.2, -0.15) is 0 Å². The number of carbonyl (C=O) groups is 1. The molecule has 0 saturated heterocycles. The second kappa shape index (κ2) is 9.04. The van der Waals surface area contributed by atoms with E-state index in [1.165, 1.54) is 16.4 Å². The number of nitrogens with zero attached hydrogens (tertiary/aromatic N) is 1. The SMILES string of the molecule is CCC(Oc1cccc(C)c1)C(=O)Nc1ccc(S(=O)(=O)N2CCc3ccccc32)cc1. The normalized spacial score (nSPS) is 14.0. The molecule has 1 unspecified atom stereocenters. The average Bonchev–Trinajstić information content (AvgIpc) is 3.23. The molecule has 1 amide bonds. The molecule has 1 aliphatic heterocycles. The number of carbonyl (C=O) groups excluding carboxylic acids is 1. The maximum atomic E-state index is 13.1. The molecule has 0 fully saturated rings. The average molecular weight is 451 g/mol. The van der Waals surface area contributed by atoms with Gasteiger partial charge in [-0.3, -0.25) is 9.10 Å². The van der Waals surface area contributed by atoms with E-state index in [0.29, 0.717) is 30.8 Å². The van der Waals surface area contributed by atoms with Gasteiger partial charge in [-0.25, -0.2) is 8.42 Å². The van der Waals surface area contributed by atoms with Gasteiger partial charge in [0.2, 0.25) is 0 Å². The Morgan fingerprint density at radius 2 is 1.81 bits per heavy atom. The number of benzene rings is 3. The lowest BCUT2D eigenvalue weighted by molar-refractivity contribution is -0.122. The van der Waals surface area contributed by atoms with Crippen molar-refractivity contribution in [3.05, 3.63) is 83.9 Å². The quantitative estimate of drug-likeness (QED) is 0.573. The Kier molecular flexibility index (Phi) is 6.19. The van der Waals surface area contributed by atoms with Crippen LogP contribution in [0.25, 0.3) is 0 Å². The Morgan fingerprint density at radius 1 is 1.06 bits per heavy atom. The first-order valence-corrected chi connectivity index (χ1v) is 12.1. The van der Waals surface area contributed by atoms with Crippen molar-refractivity contribution in [2.45, 2.75) is 37.7 Å². The van der Waals surface area contributed by atoms with Gasteiger partial charge in [-0.15, -0.1) is 0 Å². The molecule has 1 heterocycles. The van der Waals surface area contributed by atoms with Crippen molar-refractivity contribution in [2.75, 3.05) is 16.2 Å². The van der Waals surface area contributed by atoms with Crippen LogP contribution in [0.5, 0.6) is 5.75 Å². The summed E-state index contributed by atoms with van der Waals surface area (Å²) < 4.78 is 33.6. The van der Waals surface area contributed by atoms with Gasteiger partial charge in [0.05, 0.1) is 10.6 Å². The first-order chi connectivity index (χ1) is 15.4. The largest absolute Gasteiger partial charge is 0.481 e. The minimum absolute atomic E-state index is 0.190. The van der Waals surface area contributed by atoms with E-state index in [1.54, 1.807) is 12.1 Å². The molecule has 0 saturated carbocycles. The molecule has 166 valence electrons. The van der Waals surface area contributed by atoms with E-state index >= 15 is 0 Å². The lowest BCUT2D eigenvalue weighted by atomic mass is 10.2. The van der Waals surface area contributed by atoms with Crippen LogP contribution < -0.4 is 14.4 Å². The van der Waals surface area contributed by atoms with Crippen LogP contribution >= 0.6 is 0 Å². The number of para-hydroxylation sites is 1. The van der Waals surface area contributed by atoms with Crippen LogP contribution in [0.4, 0.5) is 11.4 Å². The molecule has 7 heteroatoms. The van der Waals surface area contributed by atoms with E-state index < -0.39 is 16.1 Å². The van der Waals surface area contributed by atoms with Crippen molar-refractivity contribution in [3.8, 4) is 5.75 Å². The second-order valence-corrected chi connectivity index (χ2v) is 9.66. The van der Waals surface area contributed by atoms with Crippen molar-refractivity contribution >= 4 is 27.3 Å². The third-order valence-corrected chi connectivity index (χ3v) is 7.31. The molecule has 3 aromatic rings. The van der Waals surface area contributed by atoms with Crippen LogP contribution in [0, 0.1) is 6.92 Å². The molecule has 3 aromatic carbocycles. The number of fused-ring (bicyclic) bond motifs is 1. The summed E-state index contributed by atoms with van der Waals surface area (Å²) in [5.74, 6) is 0.359. The number of anilines is 2. The van der Waals surface area contributed by atoms with Crippen LogP contribution in [-0.4, -0.2) is 27.0 Å². The van der Waals surface area contributed by atoms with Crippen molar-refractivity contribution in [1.82, 2.24) is 0 Å². The first-order valence-electron chi connectivity index (χ1n) is 10.6. The van der Waals surface area contributed by atoms with E-state index in [4.69, 9.17) is 4.74 Å². The highest BCUT2D eigenvalue weighted by atomic mass is 32.2. The Hall–Kier alpha value is -3.32. The van der Waals surface area contributed by atoms with Crippen LogP contribution in [-0.2, 0) is 21.2 Å². The minimum Gasteiger partial charge on any atom is -0.481 e. The molecule has 1 atom stereocenters. The van der Waals surface area contributed by atoms with E-state index in [9.17, 15) is 13.2 Å². The zero-order valence-corrected chi connectivity index (χ0v) is 18.9. The summed E-state index contributed by atoms with van der Waals surface area (Å²) in [7, 11) is -3.67. The van der Waals surface area contributed by atoms with E-state index in [0.717, 1.165) is 16.8 Å². The van der Waals surface area contributed by atoms with Gasteiger partial charge in [0.15, 0.2) is 6.10 Å². The number of amides is 1. The zero-order valence-electron chi connectivity index (χ0n) is 18.1. The molecule has 6 nitrogen and oxygen atoms in total. The van der Waals surface area contributed by atoms with Crippen LogP contribution in [0.3, 0.4) is 0 Å². The molecular formula is C25H26N2O4S. The Balaban J connectivity index is 1.46. The molecule has 1 N–H and O–H groups in total. The molecule has 0 aliphatic carbocycles. The van der Waals surface area contributed by atoms with Gasteiger partial charge >= 0.3 is 0 Å². The number of hydrogen-bond donors (Lipinski definition) is 1. The number of rotatable bonds is 7. The predicted molar refractivity (Wildman–Crippen MR) is 126 cm³/mol. The molecule has 0 spiro atoms. The monoisotopic (exact) mass is 450 g/mol. The Morgan fingerprint density at radius 3 is 2.53 bits per heavy atom. The van der Waals surface area contributed by atoms with Crippen molar-refractivity contribution in [3.63, 3.8) is 0 Å². The molecule has 1 aliphatic rings. The highest BCUT2D eigenvalue weighted by molar-refractivity contribution is 7.92. The Labute approximate surface area is 188 Å². The van der Waals surface area contributed by atoms with Gasteiger partial charge in [0.1, 0.15) is 5.75 Å². The molecule has 0 aromatic heterocycles. The number of hydrogen-bond acceptors (Lipinski definition) is 4. The Bertz CT molecular complexity index is 1220. The number of sulfonamides is 1. The maximum absolute atomic E-state index is 13.1. The van der Waals surface area contributed by atoms with Gasteiger partial charge < -0.3 is 10.1 Å². The summed E-state index contributed by atoms with van der Waals surface area (Å²) in [4.78, 5) is 12.9. The summed E-state index contributed by atoms with van der Waals surface area (Å²) in [5.41, 5.74) is 3.32. The molecular weight excluding hydrogens is 424 g/mol. The predicted octanol–water partition coefficient (Wildman–Crippen LogP) is 4.54. The lowest BCUT2D eigenvalue weighted by Crippen LogP contribution is -2.32. The zero-order chi connectivity index (χ0) is 22.7. The van der Waals surface area contributed by atoms with E-state index in [2.05, 4.69) is 5.32 Å². The van der Waals surface area contributed by atoms with Crippen LogP contribution in [0.15, 0.2) is 77.7 Å². The standard InChI is InChI=1S/C25H26N2O4S/c1-3-24(31-21-9-6-7-18(2)17-21)25(28)26-20-11-13-22(14-12-20)32(29,30)27-16-15-19-8-4-5-10-23(19)27/h4-14,17,24H,3,15-16H2,1-2H3,(H,26,28). The van der Waals surface area contributed by atoms with Gasteiger partial charge in [0, 0.05) is 12.2 Å². The van der Waals surface area contributed by atoms with Gasteiger partial charge in [-0.05, 0) is 73.4 Å². The molecule has 32 heavy (non-hydrogen) atoms. The van der Waals surface area contributed by atoms with E-state index in [1.807, 2.05) is 62.4 Å². The summed E-state index contributed by atoms with van der Waals surface area (Å²) in [6.45, 7) is 4.27. The molecule has 4 rings (SSSR count). The van der Waals surface area contributed by atoms with Crippen molar-refractivity contribution in [2.24, 2.45) is 0 Å². The fourth-order valence-electron chi connectivity index (χ4n) is 3.79. The van der Waals surface area contributed by atoms with Gasteiger partial charge in [0.25, 0.3) is 15.9 Å². The van der Waals surface area contributed by atoms with Gasteiger partial charge in [-0.1, -0.05) is 37.3 Å². The lowest BCUT2D eigenvalue weighted by Gasteiger charge is -2.20. The van der Waals surface area contributed by atoms with Crippen LogP contribution in [0.1, 0.15) is 24.5 Å².